The summed E-state index contributed by atoms with van der Waals surface area (Å²) in [4.78, 5) is 2.56. The van der Waals surface area contributed by atoms with Gasteiger partial charge in [-0.3, -0.25) is 0 Å². The Morgan fingerprint density at radius 1 is 1.50 bits per heavy atom. The van der Waals surface area contributed by atoms with E-state index in [0.29, 0.717) is 0 Å². The minimum Gasteiger partial charge on any atom is -0.316 e. The van der Waals surface area contributed by atoms with Gasteiger partial charge in [0.05, 0.1) is 0 Å². The largest absolute Gasteiger partial charge is 0.316 e. The van der Waals surface area contributed by atoms with E-state index in [1.54, 1.807) is 0 Å². The highest BCUT2D eigenvalue weighted by atomic mass is 15.2. The Kier molecular flexibility index (Phi) is 2.37. The normalized spacial score (nSPS) is 43.0. The molecule has 2 rings (SSSR count). The second-order valence-corrected chi connectivity index (χ2v) is 4.33. The van der Waals surface area contributed by atoms with Crippen molar-refractivity contribution in [3.05, 3.63) is 0 Å². The van der Waals surface area contributed by atoms with Gasteiger partial charge in [0.2, 0.25) is 0 Å². The molecule has 0 aromatic carbocycles. The lowest BCUT2D eigenvalue weighted by Gasteiger charge is -2.29. The molecule has 2 heteroatoms. The number of likely N-dealkylation sites (tertiary alicyclic amines) is 1. The van der Waals surface area contributed by atoms with E-state index in [9.17, 15) is 0 Å². The van der Waals surface area contributed by atoms with Gasteiger partial charge in [-0.2, -0.15) is 0 Å². The Morgan fingerprint density at radius 3 is 3.08 bits per heavy atom. The second kappa shape index (κ2) is 3.35. The lowest BCUT2D eigenvalue weighted by molar-refractivity contribution is 0.242. The number of hydrogen-bond donors (Lipinski definition) is 1. The van der Waals surface area contributed by atoms with Crippen molar-refractivity contribution in [3.8, 4) is 0 Å². The van der Waals surface area contributed by atoms with Gasteiger partial charge >= 0.3 is 0 Å². The zero-order valence-corrected chi connectivity index (χ0v) is 8.21. The molecule has 0 radical (unpaired) electrons. The van der Waals surface area contributed by atoms with Gasteiger partial charge in [0.25, 0.3) is 0 Å². The molecule has 0 aliphatic carbocycles. The monoisotopic (exact) mass is 168 g/mol. The highest BCUT2D eigenvalue weighted by Gasteiger charge is 2.39. The Bertz CT molecular complexity index is 158. The van der Waals surface area contributed by atoms with Crippen molar-refractivity contribution in [1.29, 1.82) is 0 Å². The van der Waals surface area contributed by atoms with Crippen LogP contribution in [0.5, 0.6) is 0 Å². The standard InChI is InChI=1S/C10H20N2/c1-3-10-9-6-11-5-4-8(9)7-12(10)2/h8-11H,3-7H2,1-2H3. The summed E-state index contributed by atoms with van der Waals surface area (Å²) in [6, 6.07) is 0.850. The Hall–Kier alpha value is -0.0800. The van der Waals surface area contributed by atoms with Crippen LogP contribution in [0.1, 0.15) is 19.8 Å². The van der Waals surface area contributed by atoms with Crippen molar-refractivity contribution in [1.82, 2.24) is 10.2 Å². The topological polar surface area (TPSA) is 15.3 Å². The van der Waals surface area contributed by atoms with E-state index in [4.69, 9.17) is 0 Å². The highest BCUT2D eigenvalue weighted by molar-refractivity contribution is 4.94. The Labute approximate surface area is 75.3 Å². The van der Waals surface area contributed by atoms with Crippen LogP contribution in [0.4, 0.5) is 0 Å². The first-order chi connectivity index (χ1) is 5.83. The zero-order valence-electron chi connectivity index (χ0n) is 8.21. The van der Waals surface area contributed by atoms with Crippen LogP contribution in [0, 0.1) is 11.8 Å². The summed E-state index contributed by atoms with van der Waals surface area (Å²) < 4.78 is 0. The molecule has 2 nitrogen and oxygen atoms in total. The minimum atomic E-state index is 0.850. The first-order valence-electron chi connectivity index (χ1n) is 5.24. The molecular weight excluding hydrogens is 148 g/mol. The molecule has 2 aliphatic rings. The summed E-state index contributed by atoms with van der Waals surface area (Å²) >= 11 is 0. The van der Waals surface area contributed by atoms with Crippen LogP contribution in [0.3, 0.4) is 0 Å². The molecule has 0 aromatic rings. The molecule has 3 atom stereocenters. The first kappa shape index (κ1) is 8.52. The zero-order chi connectivity index (χ0) is 8.55. The SMILES string of the molecule is CCC1C2CNCCC2CN1C. The third-order valence-corrected chi connectivity index (χ3v) is 3.68. The van der Waals surface area contributed by atoms with Gasteiger partial charge in [0.15, 0.2) is 0 Å². The summed E-state index contributed by atoms with van der Waals surface area (Å²) in [6.07, 6.45) is 2.71. The van der Waals surface area contributed by atoms with Gasteiger partial charge in [-0.15, -0.1) is 0 Å². The maximum Gasteiger partial charge on any atom is 0.0133 e. The van der Waals surface area contributed by atoms with Gasteiger partial charge in [-0.1, -0.05) is 6.92 Å². The molecule has 70 valence electrons. The van der Waals surface area contributed by atoms with Gasteiger partial charge < -0.3 is 10.2 Å². The number of piperidine rings is 1. The van der Waals surface area contributed by atoms with Gasteiger partial charge in [0, 0.05) is 12.6 Å². The molecule has 2 fully saturated rings. The number of nitrogens with one attached hydrogen (secondary N) is 1. The molecule has 0 spiro atoms. The Balaban J connectivity index is 2.05. The van der Waals surface area contributed by atoms with Gasteiger partial charge in [-0.05, 0) is 44.8 Å². The molecule has 2 saturated heterocycles. The van der Waals surface area contributed by atoms with E-state index < -0.39 is 0 Å². The minimum absolute atomic E-state index is 0.850. The maximum atomic E-state index is 3.51. The second-order valence-electron chi connectivity index (χ2n) is 4.33. The highest BCUT2D eigenvalue weighted by Crippen LogP contribution is 2.33. The van der Waals surface area contributed by atoms with E-state index >= 15 is 0 Å². The Morgan fingerprint density at radius 2 is 2.33 bits per heavy atom. The van der Waals surface area contributed by atoms with Crippen LogP contribution in [-0.2, 0) is 0 Å². The molecule has 0 amide bonds. The van der Waals surface area contributed by atoms with Gasteiger partial charge in [-0.25, -0.2) is 0 Å². The third kappa shape index (κ3) is 1.27. The fraction of sp³-hybridized carbons (Fsp3) is 1.00. The molecule has 2 aliphatic heterocycles. The van der Waals surface area contributed by atoms with Crippen LogP contribution < -0.4 is 5.32 Å². The third-order valence-electron chi connectivity index (χ3n) is 3.68. The molecule has 3 unspecified atom stereocenters. The van der Waals surface area contributed by atoms with E-state index in [1.807, 2.05) is 0 Å². The van der Waals surface area contributed by atoms with Crippen molar-refractivity contribution in [2.45, 2.75) is 25.8 Å². The van der Waals surface area contributed by atoms with Crippen LogP contribution in [-0.4, -0.2) is 37.6 Å². The van der Waals surface area contributed by atoms with Crippen LogP contribution in [0.15, 0.2) is 0 Å². The molecular formula is C10H20N2. The number of hydrogen-bond acceptors (Lipinski definition) is 2. The van der Waals surface area contributed by atoms with E-state index in [0.717, 1.165) is 17.9 Å². The van der Waals surface area contributed by atoms with Crippen molar-refractivity contribution in [3.63, 3.8) is 0 Å². The summed E-state index contributed by atoms with van der Waals surface area (Å²) in [5, 5.41) is 3.51. The van der Waals surface area contributed by atoms with Crippen LogP contribution in [0.2, 0.25) is 0 Å². The van der Waals surface area contributed by atoms with Crippen molar-refractivity contribution >= 4 is 0 Å². The molecule has 2 heterocycles. The van der Waals surface area contributed by atoms with Gasteiger partial charge in [0.1, 0.15) is 0 Å². The summed E-state index contributed by atoms with van der Waals surface area (Å²) in [5.74, 6) is 1.93. The van der Waals surface area contributed by atoms with E-state index in [1.165, 1.54) is 32.5 Å². The molecule has 1 N–H and O–H groups in total. The average Bonchev–Trinajstić information content (AvgIpc) is 2.40. The smallest absolute Gasteiger partial charge is 0.0133 e. The molecule has 12 heavy (non-hydrogen) atoms. The number of nitrogens with zero attached hydrogens (tertiary/aromatic N) is 1. The maximum absolute atomic E-state index is 3.51. The van der Waals surface area contributed by atoms with E-state index in [2.05, 4.69) is 24.2 Å². The molecule has 0 saturated carbocycles. The fourth-order valence-electron chi connectivity index (χ4n) is 3.06. The van der Waals surface area contributed by atoms with Crippen molar-refractivity contribution in [2.24, 2.45) is 11.8 Å². The quantitative estimate of drug-likeness (QED) is 0.627. The molecule has 0 bridgehead atoms. The van der Waals surface area contributed by atoms with Crippen molar-refractivity contribution < 1.29 is 0 Å². The lowest BCUT2D eigenvalue weighted by Crippen LogP contribution is -2.39. The summed E-state index contributed by atoms with van der Waals surface area (Å²) in [6.45, 7) is 6.15. The lowest BCUT2D eigenvalue weighted by atomic mass is 9.85. The van der Waals surface area contributed by atoms with E-state index in [-0.39, 0.29) is 0 Å². The average molecular weight is 168 g/mol. The molecule has 0 aromatic heterocycles. The number of rotatable bonds is 1. The first-order valence-corrected chi connectivity index (χ1v) is 5.24. The fourth-order valence-corrected chi connectivity index (χ4v) is 3.06. The predicted molar refractivity (Wildman–Crippen MR) is 51.2 cm³/mol. The summed E-state index contributed by atoms with van der Waals surface area (Å²) in [7, 11) is 2.28. The van der Waals surface area contributed by atoms with Crippen LogP contribution in [0.25, 0.3) is 0 Å². The van der Waals surface area contributed by atoms with Crippen LogP contribution >= 0.6 is 0 Å². The van der Waals surface area contributed by atoms with Crippen molar-refractivity contribution in [2.75, 3.05) is 26.7 Å². The summed E-state index contributed by atoms with van der Waals surface area (Å²) in [5.41, 5.74) is 0. The predicted octanol–water partition coefficient (Wildman–Crippen LogP) is 0.936. The number of fused-ring (bicyclic) bond motifs is 1.